The second-order valence-electron chi connectivity index (χ2n) is 8.55. The van der Waals surface area contributed by atoms with Gasteiger partial charge in [0.2, 0.25) is 0 Å². The van der Waals surface area contributed by atoms with E-state index in [1.165, 1.54) is 23.9 Å². The van der Waals surface area contributed by atoms with Gasteiger partial charge in [0.25, 0.3) is 5.91 Å². The van der Waals surface area contributed by atoms with E-state index in [0.29, 0.717) is 60.8 Å². The zero-order chi connectivity index (χ0) is 25.9. The van der Waals surface area contributed by atoms with Crippen LogP contribution in [0.4, 0.5) is 24.7 Å². The second kappa shape index (κ2) is 10.8. The van der Waals surface area contributed by atoms with E-state index in [2.05, 4.69) is 9.88 Å². The number of anilines is 2. The third kappa shape index (κ3) is 6.13. The molecule has 1 aromatic carbocycles. The Kier molecular flexibility index (Phi) is 7.77. The molecule has 192 valence electrons. The van der Waals surface area contributed by atoms with Crippen molar-refractivity contribution in [1.29, 1.82) is 0 Å². The summed E-state index contributed by atoms with van der Waals surface area (Å²) in [4.78, 5) is 27.1. The molecule has 1 amide bonds. The zero-order valence-corrected chi connectivity index (χ0v) is 21.2. The summed E-state index contributed by atoms with van der Waals surface area (Å²) in [6.45, 7) is 6.83. The van der Waals surface area contributed by atoms with Gasteiger partial charge in [-0.1, -0.05) is 17.8 Å². The summed E-state index contributed by atoms with van der Waals surface area (Å²) in [5.41, 5.74) is 0.754. The molecule has 0 radical (unpaired) electrons. The molecule has 1 saturated heterocycles. The molecule has 0 atom stereocenters. The van der Waals surface area contributed by atoms with E-state index < -0.39 is 11.7 Å². The molecule has 3 heterocycles. The average molecular weight is 520 g/mol. The predicted octanol–water partition coefficient (Wildman–Crippen LogP) is 5.11. The summed E-state index contributed by atoms with van der Waals surface area (Å²) in [7, 11) is 1.72. The summed E-state index contributed by atoms with van der Waals surface area (Å²) in [6.07, 6.45) is -4.36. The van der Waals surface area contributed by atoms with E-state index in [4.69, 9.17) is 9.40 Å². The Hall–Kier alpha value is -3.21. The molecule has 36 heavy (non-hydrogen) atoms. The Morgan fingerprint density at radius 3 is 2.50 bits per heavy atom. The summed E-state index contributed by atoms with van der Waals surface area (Å²) < 4.78 is 44.9. The molecule has 2 aromatic heterocycles. The van der Waals surface area contributed by atoms with E-state index in [-0.39, 0.29) is 5.91 Å². The first-order valence-corrected chi connectivity index (χ1v) is 12.6. The third-order valence-electron chi connectivity index (χ3n) is 6.00. The summed E-state index contributed by atoms with van der Waals surface area (Å²) in [5.74, 6) is 2.07. The minimum absolute atomic E-state index is 0.160. The van der Waals surface area contributed by atoms with Gasteiger partial charge in [0.05, 0.1) is 11.3 Å². The lowest BCUT2D eigenvalue weighted by atomic mass is 10.1. The molecular weight excluding hydrogens is 491 g/mol. The van der Waals surface area contributed by atoms with Crippen LogP contribution in [0.25, 0.3) is 0 Å². The molecule has 0 N–H and O–H groups in total. The highest BCUT2D eigenvalue weighted by molar-refractivity contribution is 7.98. The first-order chi connectivity index (χ1) is 17.1. The predicted molar refractivity (Wildman–Crippen MR) is 134 cm³/mol. The van der Waals surface area contributed by atoms with Crippen LogP contribution in [0.3, 0.4) is 0 Å². The van der Waals surface area contributed by atoms with Gasteiger partial charge in [-0.15, -0.1) is 0 Å². The number of nitrogens with zero attached hydrogens (tertiary/aromatic N) is 5. The molecule has 1 fully saturated rings. The van der Waals surface area contributed by atoms with E-state index in [1.54, 1.807) is 30.1 Å². The number of amides is 1. The Morgan fingerprint density at radius 1 is 1.08 bits per heavy atom. The molecule has 1 aliphatic rings. The van der Waals surface area contributed by atoms with E-state index in [0.717, 1.165) is 17.6 Å². The number of carbonyl (C=O) groups is 1. The number of alkyl halides is 3. The number of aryl methyl sites for hydroxylation is 1. The molecular formula is C25H28F3N5O2S. The van der Waals surface area contributed by atoms with Crippen molar-refractivity contribution >= 4 is 29.2 Å². The molecule has 0 aliphatic carbocycles. The number of piperazine rings is 1. The van der Waals surface area contributed by atoms with Gasteiger partial charge in [-0.25, -0.2) is 9.97 Å². The lowest BCUT2D eigenvalue weighted by molar-refractivity contribution is -0.137. The van der Waals surface area contributed by atoms with Gasteiger partial charge in [0.15, 0.2) is 10.9 Å². The largest absolute Gasteiger partial charge is 0.455 e. The number of hydrogen-bond donors (Lipinski definition) is 0. The van der Waals surface area contributed by atoms with E-state index in [9.17, 15) is 18.0 Å². The topological polar surface area (TPSA) is 65.7 Å². The van der Waals surface area contributed by atoms with Crippen molar-refractivity contribution in [3.8, 4) is 0 Å². The fourth-order valence-corrected chi connectivity index (χ4v) is 4.66. The van der Waals surface area contributed by atoms with Gasteiger partial charge in [0.1, 0.15) is 11.6 Å². The van der Waals surface area contributed by atoms with Crippen molar-refractivity contribution in [1.82, 2.24) is 14.9 Å². The first kappa shape index (κ1) is 25.9. The average Bonchev–Trinajstić information content (AvgIpc) is 3.35. The van der Waals surface area contributed by atoms with Crippen molar-refractivity contribution in [3.05, 3.63) is 65.2 Å². The summed E-state index contributed by atoms with van der Waals surface area (Å²) in [6, 6.07) is 10.8. The van der Waals surface area contributed by atoms with E-state index >= 15 is 0 Å². The Labute approximate surface area is 212 Å². The van der Waals surface area contributed by atoms with Crippen LogP contribution < -0.4 is 9.80 Å². The summed E-state index contributed by atoms with van der Waals surface area (Å²) >= 11 is 1.42. The Balaban J connectivity index is 1.38. The van der Waals surface area contributed by atoms with Crippen LogP contribution in [0, 0.1) is 6.92 Å². The third-order valence-corrected chi connectivity index (χ3v) is 6.87. The number of rotatable bonds is 7. The number of hydrogen-bond acceptors (Lipinski definition) is 7. The highest BCUT2D eigenvalue weighted by Gasteiger charge is 2.31. The molecule has 0 bridgehead atoms. The first-order valence-electron chi connectivity index (χ1n) is 11.6. The molecule has 1 aliphatic heterocycles. The monoisotopic (exact) mass is 519 g/mol. The number of halogens is 3. The minimum Gasteiger partial charge on any atom is -0.455 e. The maximum absolute atomic E-state index is 13.1. The standard InChI is InChI=1S/C25H28F3N5O2S/c1-4-31(3)23(34)21-9-8-20(35-21)16-36-24-29-17(2)14-22(30-24)33-12-10-32(11-13-33)19-7-5-6-18(15-19)25(26,27)28/h5-9,14-15H,4,10-13,16H2,1-3H3. The Morgan fingerprint density at radius 2 is 1.81 bits per heavy atom. The molecule has 0 spiro atoms. The van der Waals surface area contributed by atoms with Crippen LogP contribution in [0.5, 0.6) is 0 Å². The summed E-state index contributed by atoms with van der Waals surface area (Å²) in [5, 5.41) is 0.597. The van der Waals surface area contributed by atoms with Crippen LogP contribution >= 0.6 is 11.8 Å². The lowest BCUT2D eigenvalue weighted by Gasteiger charge is -2.37. The number of furan rings is 1. The quantitative estimate of drug-likeness (QED) is 0.318. The molecule has 4 rings (SSSR count). The zero-order valence-electron chi connectivity index (χ0n) is 20.4. The number of benzene rings is 1. The number of aromatic nitrogens is 2. The fraction of sp³-hybridized carbons (Fsp3) is 0.400. The van der Waals surface area contributed by atoms with Crippen molar-refractivity contribution in [3.63, 3.8) is 0 Å². The Bertz CT molecular complexity index is 1210. The molecule has 7 nitrogen and oxygen atoms in total. The van der Waals surface area contributed by atoms with Crippen LogP contribution in [0.2, 0.25) is 0 Å². The van der Waals surface area contributed by atoms with Gasteiger partial charge < -0.3 is 19.1 Å². The van der Waals surface area contributed by atoms with Crippen LogP contribution in [-0.4, -0.2) is 60.5 Å². The number of thioether (sulfide) groups is 1. The van der Waals surface area contributed by atoms with E-state index in [1.807, 2.05) is 24.8 Å². The molecule has 0 saturated carbocycles. The van der Waals surface area contributed by atoms with Gasteiger partial charge in [-0.05, 0) is 44.2 Å². The van der Waals surface area contributed by atoms with Gasteiger partial charge in [0, 0.05) is 57.2 Å². The molecule has 0 unspecified atom stereocenters. The van der Waals surface area contributed by atoms with Crippen molar-refractivity contribution in [2.45, 2.75) is 30.9 Å². The van der Waals surface area contributed by atoms with Crippen LogP contribution in [0.1, 0.15) is 34.5 Å². The highest BCUT2D eigenvalue weighted by Crippen LogP contribution is 2.32. The minimum atomic E-state index is -4.36. The van der Waals surface area contributed by atoms with Gasteiger partial charge in [-0.2, -0.15) is 13.2 Å². The van der Waals surface area contributed by atoms with Crippen LogP contribution in [-0.2, 0) is 11.9 Å². The van der Waals surface area contributed by atoms with Crippen LogP contribution in [0.15, 0.2) is 52.0 Å². The SMILES string of the molecule is CCN(C)C(=O)c1ccc(CSc2nc(C)cc(N3CCN(c4cccc(C(F)(F)F)c4)CC3)n2)o1. The number of carbonyl (C=O) groups excluding carboxylic acids is 1. The normalized spacial score (nSPS) is 14.3. The molecule has 11 heteroatoms. The van der Waals surface area contributed by atoms with Gasteiger partial charge >= 0.3 is 6.18 Å². The molecule has 3 aromatic rings. The van der Waals surface area contributed by atoms with Crippen molar-refractivity contribution in [2.75, 3.05) is 49.6 Å². The lowest BCUT2D eigenvalue weighted by Crippen LogP contribution is -2.47. The van der Waals surface area contributed by atoms with Crippen molar-refractivity contribution in [2.24, 2.45) is 0 Å². The smallest absolute Gasteiger partial charge is 0.416 e. The van der Waals surface area contributed by atoms with Crippen molar-refractivity contribution < 1.29 is 22.4 Å². The maximum Gasteiger partial charge on any atom is 0.416 e. The maximum atomic E-state index is 13.1. The second-order valence-corrected chi connectivity index (χ2v) is 9.49. The fourth-order valence-electron chi connectivity index (χ4n) is 3.86. The highest BCUT2D eigenvalue weighted by atomic mass is 32.2. The van der Waals surface area contributed by atoms with Gasteiger partial charge in [-0.3, -0.25) is 4.79 Å².